The van der Waals surface area contributed by atoms with E-state index in [0.29, 0.717) is 24.7 Å². The molecule has 1 saturated heterocycles. The Hall–Kier alpha value is -3.15. The molecule has 3 heterocycles. The molecule has 6 nitrogen and oxygen atoms in total. The number of fused-ring (bicyclic) bond motifs is 1. The van der Waals surface area contributed by atoms with E-state index in [2.05, 4.69) is 9.97 Å². The summed E-state index contributed by atoms with van der Waals surface area (Å²) in [5.41, 5.74) is 1.67. The van der Waals surface area contributed by atoms with E-state index in [9.17, 15) is 4.79 Å². The van der Waals surface area contributed by atoms with Crippen LogP contribution in [0.4, 0.5) is 0 Å². The number of para-hydroxylation sites is 2. The summed E-state index contributed by atoms with van der Waals surface area (Å²) in [4.78, 5) is 22.9. The fourth-order valence-corrected chi connectivity index (χ4v) is 3.01. The molecule has 0 atom stereocenters. The fraction of sp³-hybridized carbons (Fsp3) is 0.250. The van der Waals surface area contributed by atoms with Gasteiger partial charge in [-0.15, -0.1) is 0 Å². The van der Waals surface area contributed by atoms with Gasteiger partial charge in [-0.05, 0) is 30.3 Å². The number of rotatable bonds is 4. The Balaban J connectivity index is 1.32. The Morgan fingerprint density at radius 2 is 1.96 bits per heavy atom. The zero-order valence-corrected chi connectivity index (χ0v) is 14.2. The average molecular weight is 349 g/mol. The molecule has 6 heteroatoms. The molecule has 3 aromatic rings. The second kappa shape index (κ2) is 7.39. The number of carbonyl (C=O) groups excluding carboxylic acids is 1. The standard InChI is InChI=1S/C20H19N3O3/c24-20(8-7-15-4-3-13-25-15)23-11-9-16(10-12-23)26-19-14-21-17-5-1-2-6-18(17)22-19/h1-8,13-14,16H,9-12H2. The molecule has 1 aliphatic rings. The molecule has 0 N–H and O–H groups in total. The Morgan fingerprint density at radius 1 is 1.15 bits per heavy atom. The number of benzene rings is 1. The molecule has 1 fully saturated rings. The molecule has 2 aromatic heterocycles. The molecule has 0 bridgehead atoms. The summed E-state index contributed by atoms with van der Waals surface area (Å²) in [5, 5.41) is 0. The van der Waals surface area contributed by atoms with Gasteiger partial charge in [0.15, 0.2) is 0 Å². The molecular formula is C20H19N3O3. The molecule has 132 valence electrons. The topological polar surface area (TPSA) is 68.5 Å². The smallest absolute Gasteiger partial charge is 0.246 e. The Kier molecular flexibility index (Phi) is 4.64. The molecule has 0 saturated carbocycles. The first-order valence-corrected chi connectivity index (χ1v) is 8.67. The minimum Gasteiger partial charge on any atom is -0.473 e. The number of furan rings is 1. The lowest BCUT2D eigenvalue weighted by Crippen LogP contribution is -2.41. The van der Waals surface area contributed by atoms with Crippen LogP contribution in [0.3, 0.4) is 0 Å². The summed E-state index contributed by atoms with van der Waals surface area (Å²) in [7, 11) is 0. The van der Waals surface area contributed by atoms with Gasteiger partial charge in [-0.2, -0.15) is 0 Å². The van der Waals surface area contributed by atoms with Gasteiger partial charge in [-0.25, -0.2) is 9.97 Å². The third kappa shape index (κ3) is 3.74. The maximum absolute atomic E-state index is 12.2. The van der Waals surface area contributed by atoms with Crippen LogP contribution in [0.25, 0.3) is 17.1 Å². The van der Waals surface area contributed by atoms with Gasteiger partial charge in [-0.3, -0.25) is 4.79 Å². The Labute approximate surface area is 151 Å². The largest absolute Gasteiger partial charge is 0.473 e. The number of likely N-dealkylation sites (tertiary alicyclic amines) is 1. The molecular weight excluding hydrogens is 330 g/mol. The first-order chi connectivity index (χ1) is 12.8. The monoisotopic (exact) mass is 349 g/mol. The van der Waals surface area contributed by atoms with E-state index in [1.807, 2.05) is 35.2 Å². The summed E-state index contributed by atoms with van der Waals surface area (Å²) in [6.45, 7) is 1.32. The predicted octanol–water partition coefficient (Wildman–Crippen LogP) is 3.31. The lowest BCUT2D eigenvalue weighted by atomic mass is 10.1. The highest BCUT2D eigenvalue weighted by Crippen LogP contribution is 2.19. The van der Waals surface area contributed by atoms with Crippen molar-refractivity contribution in [2.75, 3.05) is 13.1 Å². The van der Waals surface area contributed by atoms with E-state index < -0.39 is 0 Å². The molecule has 26 heavy (non-hydrogen) atoms. The third-order valence-electron chi connectivity index (χ3n) is 4.40. The zero-order valence-electron chi connectivity index (χ0n) is 14.2. The first-order valence-electron chi connectivity index (χ1n) is 8.67. The number of nitrogens with zero attached hydrogens (tertiary/aromatic N) is 3. The summed E-state index contributed by atoms with van der Waals surface area (Å²) < 4.78 is 11.2. The van der Waals surface area contributed by atoms with Crippen LogP contribution in [0.1, 0.15) is 18.6 Å². The van der Waals surface area contributed by atoms with Gasteiger partial charge < -0.3 is 14.1 Å². The molecule has 1 aromatic carbocycles. The van der Waals surface area contributed by atoms with Crippen molar-refractivity contribution in [2.24, 2.45) is 0 Å². The highest BCUT2D eigenvalue weighted by Gasteiger charge is 2.23. The molecule has 1 amide bonds. The van der Waals surface area contributed by atoms with Crippen molar-refractivity contribution >= 4 is 23.0 Å². The quantitative estimate of drug-likeness (QED) is 0.676. The average Bonchev–Trinajstić information content (AvgIpc) is 3.20. The number of carbonyl (C=O) groups is 1. The van der Waals surface area contributed by atoms with Crippen molar-refractivity contribution in [2.45, 2.75) is 18.9 Å². The van der Waals surface area contributed by atoms with Crippen LogP contribution in [0.15, 0.2) is 59.4 Å². The minimum absolute atomic E-state index is 0.00894. The van der Waals surface area contributed by atoms with E-state index in [0.717, 1.165) is 23.9 Å². The molecule has 0 aliphatic carbocycles. The van der Waals surface area contributed by atoms with Crippen LogP contribution < -0.4 is 4.74 Å². The number of ether oxygens (including phenoxy) is 1. The second-order valence-electron chi connectivity index (χ2n) is 6.19. The fourth-order valence-electron chi connectivity index (χ4n) is 3.01. The SMILES string of the molecule is O=C(C=Cc1ccco1)N1CCC(Oc2cnc3ccccc3n2)CC1. The van der Waals surface area contributed by atoms with Crippen molar-refractivity contribution in [1.82, 2.24) is 14.9 Å². The number of piperidine rings is 1. The third-order valence-corrected chi connectivity index (χ3v) is 4.40. The van der Waals surface area contributed by atoms with Crippen molar-refractivity contribution in [3.05, 3.63) is 60.7 Å². The lowest BCUT2D eigenvalue weighted by Gasteiger charge is -2.31. The number of aromatic nitrogens is 2. The van der Waals surface area contributed by atoms with E-state index in [1.54, 1.807) is 30.7 Å². The Bertz CT molecular complexity index is 913. The minimum atomic E-state index is -0.00894. The number of amides is 1. The van der Waals surface area contributed by atoms with Crippen molar-refractivity contribution in [3.8, 4) is 5.88 Å². The van der Waals surface area contributed by atoms with Crippen LogP contribution in [0, 0.1) is 0 Å². The van der Waals surface area contributed by atoms with Crippen molar-refractivity contribution < 1.29 is 13.9 Å². The number of hydrogen-bond acceptors (Lipinski definition) is 5. The van der Waals surface area contributed by atoms with Crippen LogP contribution in [0.5, 0.6) is 5.88 Å². The normalized spacial score (nSPS) is 15.6. The van der Waals surface area contributed by atoms with Gasteiger partial charge in [0.25, 0.3) is 0 Å². The van der Waals surface area contributed by atoms with Gasteiger partial charge >= 0.3 is 0 Å². The van der Waals surface area contributed by atoms with E-state index in [1.165, 1.54) is 0 Å². The molecule has 4 rings (SSSR count). The lowest BCUT2D eigenvalue weighted by molar-refractivity contribution is -0.127. The van der Waals surface area contributed by atoms with E-state index in [-0.39, 0.29) is 12.0 Å². The molecule has 1 aliphatic heterocycles. The van der Waals surface area contributed by atoms with Gasteiger partial charge in [0.2, 0.25) is 11.8 Å². The van der Waals surface area contributed by atoms with Gasteiger partial charge in [0, 0.05) is 32.0 Å². The predicted molar refractivity (Wildman–Crippen MR) is 97.5 cm³/mol. The summed E-state index contributed by atoms with van der Waals surface area (Å²) in [6, 6.07) is 11.3. The summed E-state index contributed by atoms with van der Waals surface area (Å²) in [5.74, 6) is 1.20. The van der Waals surface area contributed by atoms with E-state index >= 15 is 0 Å². The molecule has 0 spiro atoms. The van der Waals surface area contributed by atoms with Crippen LogP contribution >= 0.6 is 0 Å². The van der Waals surface area contributed by atoms with Crippen molar-refractivity contribution in [1.29, 1.82) is 0 Å². The van der Waals surface area contributed by atoms with Gasteiger partial charge in [-0.1, -0.05) is 12.1 Å². The van der Waals surface area contributed by atoms with Crippen LogP contribution in [0.2, 0.25) is 0 Å². The summed E-state index contributed by atoms with van der Waals surface area (Å²) >= 11 is 0. The first kappa shape index (κ1) is 16.3. The van der Waals surface area contributed by atoms with Crippen LogP contribution in [-0.2, 0) is 4.79 Å². The highest BCUT2D eigenvalue weighted by atomic mass is 16.5. The highest BCUT2D eigenvalue weighted by molar-refractivity contribution is 5.91. The number of hydrogen-bond donors (Lipinski definition) is 0. The maximum atomic E-state index is 12.2. The van der Waals surface area contributed by atoms with Gasteiger partial charge in [0.05, 0.1) is 23.5 Å². The Morgan fingerprint density at radius 3 is 2.73 bits per heavy atom. The molecule has 0 unspecified atom stereocenters. The molecule has 0 radical (unpaired) electrons. The van der Waals surface area contributed by atoms with Crippen LogP contribution in [-0.4, -0.2) is 40.0 Å². The van der Waals surface area contributed by atoms with E-state index in [4.69, 9.17) is 9.15 Å². The van der Waals surface area contributed by atoms with Crippen molar-refractivity contribution in [3.63, 3.8) is 0 Å². The maximum Gasteiger partial charge on any atom is 0.246 e. The summed E-state index contributed by atoms with van der Waals surface area (Å²) in [6.07, 6.45) is 8.08. The van der Waals surface area contributed by atoms with Gasteiger partial charge in [0.1, 0.15) is 11.9 Å². The zero-order chi connectivity index (χ0) is 17.8. The second-order valence-corrected chi connectivity index (χ2v) is 6.19.